The topological polar surface area (TPSA) is 29.5 Å². The van der Waals surface area contributed by atoms with Gasteiger partial charge >= 0.3 is 6.18 Å². The molecule has 0 bridgehead atoms. The zero-order valence-corrected chi connectivity index (χ0v) is 14.9. The third-order valence-corrected chi connectivity index (χ3v) is 5.45. The molecule has 3 rings (SSSR count). The monoisotopic (exact) mass is 369 g/mol. The normalized spacial score (nSPS) is 24.3. The van der Waals surface area contributed by atoms with Gasteiger partial charge in [-0.05, 0) is 37.7 Å². The number of ether oxygens (including phenoxy) is 1. The van der Waals surface area contributed by atoms with E-state index in [0.717, 1.165) is 12.8 Å². The summed E-state index contributed by atoms with van der Waals surface area (Å²) in [5.41, 5.74) is 1.28. The standard InChI is InChI=1S/C20H26F3NO2/c21-20(22,23)17-10-4-9-16(12-17)19(25)24-13-18(14-24)26-11-5-8-15-6-2-1-3-7-15/h1-3,6-7,16-18H,4-5,8-14H2. The van der Waals surface area contributed by atoms with Gasteiger partial charge in [0.25, 0.3) is 0 Å². The smallest absolute Gasteiger partial charge is 0.375 e. The number of alkyl halides is 3. The summed E-state index contributed by atoms with van der Waals surface area (Å²) in [5, 5.41) is 0. The molecule has 3 nitrogen and oxygen atoms in total. The Morgan fingerprint density at radius 2 is 1.88 bits per heavy atom. The largest absolute Gasteiger partial charge is 0.391 e. The maximum atomic E-state index is 12.9. The van der Waals surface area contributed by atoms with Crippen LogP contribution in [-0.4, -0.2) is 42.8 Å². The second kappa shape index (κ2) is 8.42. The second-order valence-corrected chi connectivity index (χ2v) is 7.43. The molecular formula is C20H26F3NO2. The molecule has 1 saturated heterocycles. The highest BCUT2D eigenvalue weighted by molar-refractivity contribution is 5.79. The average Bonchev–Trinajstić information content (AvgIpc) is 2.60. The van der Waals surface area contributed by atoms with Gasteiger partial charge < -0.3 is 9.64 Å². The summed E-state index contributed by atoms with van der Waals surface area (Å²) in [4.78, 5) is 14.1. The Bertz CT molecular complexity index is 584. The number of likely N-dealkylation sites (tertiary alicyclic amines) is 1. The van der Waals surface area contributed by atoms with Crippen LogP contribution < -0.4 is 0 Å². The van der Waals surface area contributed by atoms with Gasteiger partial charge in [-0.3, -0.25) is 4.79 Å². The molecular weight excluding hydrogens is 343 g/mol. The summed E-state index contributed by atoms with van der Waals surface area (Å²) in [6.45, 7) is 1.66. The fraction of sp³-hybridized carbons (Fsp3) is 0.650. The molecule has 1 saturated carbocycles. The van der Waals surface area contributed by atoms with Gasteiger partial charge in [-0.1, -0.05) is 36.8 Å². The molecule has 1 aromatic rings. The van der Waals surface area contributed by atoms with E-state index in [2.05, 4.69) is 12.1 Å². The first kappa shape index (κ1) is 19.2. The number of benzene rings is 1. The molecule has 2 aliphatic rings. The number of carbonyl (C=O) groups is 1. The van der Waals surface area contributed by atoms with Crippen molar-refractivity contribution >= 4 is 5.91 Å². The van der Waals surface area contributed by atoms with Gasteiger partial charge in [0.2, 0.25) is 5.91 Å². The quantitative estimate of drug-likeness (QED) is 0.703. The van der Waals surface area contributed by atoms with Gasteiger partial charge in [0, 0.05) is 25.6 Å². The lowest BCUT2D eigenvalue weighted by molar-refractivity contribution is -0.188. The van der Waals surface area contributed by atoms with Crippen LogP contribution >= 0.6 is 0 Å². The number of aryl methyl sites for hydroxylation is 1. The molecule has 2 atom stereocenters. The Balaban J connectivity index is 1.33. The molecule has 2 fully saturated rings. The first-order valence-electron chi connectivity index (χ1n) is 9.44. The molecule has 1 heterocycles. The SMILES string of the molecule is O=C(C1CCCC(C(F)(F)F)C1)N1CC(OCCCc2ccccc2)C1. The number of carbonyl (C=O) groups excluding carboxylic acids is 1. The number of halogens is 3. The lowest BCUT2D eigenvalue weighted by atomic mass is 9.80. The predicted molar refractivity (Wildman–Crippen MR) is 92.6 cm³/mol. The average molecular weight is 369 g/mol. The Morgan fingerprint density at radius 3 is 2.58 bits per heavy atom. The van der Waals surface area contributed by atoms with Crippen LogP contribution in [0.3, 0.4) is 0 Å². The fourth-order valence-electron chi connectivity index (χ4n) is 3.86. The lowest BCUT2D eigenvalue weighted by Gasteiger charge is -2.42. The molecule has 0 radical (unpaired) electrons. The van der Waals surface area contributed by atoms with Crippen molar-refractivity contribution in [3.05, 3.63) is 35.9 Å². The van der Waals surface area contributed by atoms with Gasteiger partial charge in [0.15, 0.2) is 0 Å². The van der Waals surface area contributed by atoms with Crippen molar-refractivity contribution in [2.75, 3.05) is 19.7 Å². The lowest BCUT2D eigenvalue weighted by Crippen LogP contribution is -2.57. The van der Waals surface area contributed by atoms with Crippen LogP contribution in [0.25, 0.3) is 0 Å². The van der Waals surface area contributed by atoms with Crippen LogP contribution in [0.2, 0.25) is 0 Å². The Kier molecular flexibility index (Phi) is 6.22. The molecule has 1 aliphatic carbocycles. The summed E-state index contributed by atoms with van der Waals surface area (Å²) >= 11 is 0. The van der Waals surface area contributed by atoms with E-state index in [-0.39, 0.29) is 24.9 Å². The maximum Gasteiger partial charge on any atom is 0.391 e. The van der Waals surface area contributed by atoms with Crippen molar-refractivity contribution in [3.8, 4) is 0 Å². The van der Waals surface area contributed by atoms with Crippen molar-refractivity contribution in [1.82, 2.24) is 4.90 Å². The van der Waals surface area contributed by atoms with Gasteiger partial charge in [-0.2, -0.15) is 13.2 Å². The minimum absolute atomic E-state index is 0.0247. The van der Waals surface area contributed by atoms with Crippen molar-refractivity contribution in [2.45, 2.75) is 50.8 Å². The van der Waals surface area contributed by atoms with Crippen molar-refractivity contribution in [1.29, 1.82) is 0 Å². The maximum absolute atomic E-state index is 12.9. The summed E-state index contributed by atoms with van der Waals surface area (Å²) in [5.74, 6) is -1.92. The van der Waals surface area contributed by atoms with Crippen LogP contribution in [0.1, 0.15) is 37.7 Å². The number of amides is 1. The number of hydrogen-bond donors (Lipinski definition) is 0. The van der Waals surface area contributed by atoms with Crippen LogP contribution in [0, 0.1) is 11.8 Å². The molecule has 0 spiro atoms. The van der Waals surface area contributed by atoms with E-state index in [1.807, 2.05) is 18.2 Å². The van der Waals surface area contributed by atoms with Crippen LogP contribution in [0.4, 0.5) is 13.2 Å². The number of rotatable bonds is 6. The highest BCUT2D eigenvalue weighted by atomic mass is 19.4. The van der Waals surface area contributed by atoms with Gasteiger partial charge in [-0.15, -0.1) is 0 Å². The molecule has 6 heteroatoms. The van der Waals surface area contributed by atoms with E-state index >= 15 is 0 Å². The minimum Gasteiger partial charge on any atom is -0.375 e. The van der Waals surface area contributed by atoms with E-state index in [4.69, 9.17) is 4.74 Å². The van der Waals surface area contributed by atoms with Gasteiger partial charge in [0.1, 0.15) is 0 Å². The van der Waals surface area contributed by atoms with E-state index in [1.54, 1.807) is 4.90 Å². The first-order valence-corrected chi connectivity index (χ1v) is 9.44. The molecule has 144 valence electrons. The Morgan fingerprint density at radius 1 is 1.15 bits per heavy atom. The third kappa shape index (κ3) is 5.00. The van der Waals surface area contributed by atoms with Crippen molar-refractivity contribution < 1.29 is 22.7 Å². The first-order chi connectivity index (χ1) is 12.4. The van der Waals surface area contributed by atoms with Gasteiger partial charge in [-0.25, -0.2) is 0 Å². The summed E-state index contributed by atoms with van der Waals surface area (Å²) < 4.78 is 44.4. The summed E-state index contributed by atoms with van der Waals surface area (Å²) in [6, 6.07) is 10.2. The van der Waals surface area contributed by atoms with E-state index in [9.17, 15) is 18.0 Å². The number of nitrogens with zero attached hydrogens (tertiary/aromatic N) is 1. The molecule has 1 aliphatic heterocycles. The van der Waals surface area contributed by atoms with Gasteiger partial charge in [0.05, 0.1) is 12.0 Å². The van der Waals surface area contributed by atoms with Crippen LogP contribution in [-0.2, 0) is 16.0 Å². The van der Waals surface area contributed by atoms with Crippen LogP contribution in [0.15, 0.2) is 30.3 Å². The van der Waals surface area contributed by atoms with E-state index in [1.165, 1.54) is 5.56 Å². The molecule has 0 N–H and O–H groups in total. The molecule has 2 unspecified atom stereocenters. The van der Waals surface area contributed by atoms with E-state index in [0.29, 0.717) is 32.5 Å². The molecule has 1 aromatic carbocycles. The van der Waals surface area contributed by atoms with E-state index < -0.39 is 18.0 Å². The Hall–Kier alpha value is -1.56. The molecule has 1 amide bonds. The second-order valence-electron chi connectivity index (χ2n) is 7.43. The highest BCUT2D eigenvalue weighted by Gasteiger charge is 2.45. The molecule has 26 heavy (non-hydrogen) atoms. The zero-order chi connectivity index (χ0) is 18.6. The van der Waals surface area contributed by atoms with Crippen LogP contribution in [0.5, 0.6) is 0 Å². The summed E-state index contributed by atoms with van der Waals surface area (Å²) in [6.07, 6.45) is -1.13. The highest BCUT2D eigenvalue weighted by Crippen LogP contribution is 2.40. The number of hydrogen-bond acceptors (Lipinski definition) is 2. The Labute approximate surface area is 152 Å². The fourth-order valence-corrected chi connectivity index (χ4v) is 3.86. The zero-order valence-electron chi connectivity index (χ0n) is 14.9. The van der Waals surface area contributed by atoms with Crippen molar-refractivity contribution in [2.24, 2.45) is 11.8 Å². The molecule has 0 aromatic heterocycles. The summed E-state index contributed by atoms with van der Waals surface area (Å²) in [7, 11) is 0. The predicted octanol–water partition coefficient (Wildman–Crippen LogP) is 4.22. The minimum atomic E-state index is -4.18. The third-order valence-electron chi connectivity index (χ3n) is 5.45. The van der Waals surface area contributed by atoms with Crippen molar-refractivity contribution in [3.63, 3.8) is 0 Å².